The highest BCUT2D eigenvalue weighted by Crippen LogP contribution is 2.50. The van der Waals surface area contributed by atoms with Gasteiger partial charge in [0, 0.05) is 6.61 Å². The van der Waals surface area contributed by atoms with Gasteiger partial charge in [0.25, 0.3) is 0 Å². The van der Waals surface area contributed by atoms with Gasteiger partial charge in [0.05, 0.1) is 0 Å². The first kappa shape index (κ1) is 5.72. The molecule has 1 N–H and O–H groups in total. The first-order valence-electron chi connectivity index (χ1n) is 4.02. The molecule has 0 saturated heterocycles. The van der Waals surface area contributed by atoms with Crippen LogP contribution in [0.5, 0.6) is 0 Å². The van der Waals surface area contributed by atoms with Crippen molar-refractivity contribution in [1.29, 1.82) is 0 Å². The van der Waals surface area contributed by atoms with E-state index in [0.29, 0.717) is 12.5 Å². The lowest BCUT2D eigenvalue weighted by Gasteiger charge is -2.39. The van der Waals surface area contributed by atoms with E-state index in [1.165, 1.54) is 25.7 Å². The van der Waals surface area contributed by atoms with Gasteiger partial charge >= 0.3 is 0 Å². The molecular formula is C8H14O. The molecule has 0 heterocycles. The van der Waals surface area contributed by atoms with Crippen molar-refractivity contribution in [1.82, 2.24) is 0 Å². The van der Waals surface area contributed by atoms with Crippen LogP contribution >= 0.6 is 0 Å². The smallest absolute Gasteiger partial charge is 0.0462 e. The van der Waals surface area contributed by atoms with Crippen molar-refractivity contribution in [3.63, 3.8) is 0 Å². The molecule has 0 aromatic rings. The first-order valence-corrected chi connectivity index (χ1v) is 4.02. The second kappa shape index (κ2) is 1.98. The van der Waals surface area contributed by atoms with Crippen LogP contribution in [-0.4, -0.2) is 11.7 Å². The topological polar surface area (TPSA) is 20.2 Å². The summed E-state index contributed by atoms with van der Waals surface area (Å²) in [5.74, 6) is 2.63. The van der Waals surface area contributed by atoms with Crippen LogP contribution in [0, 0.1) is 17.8 Å². The van der Waals surface area contributed by atoms with Crippen LogP contribution < -0.4 is 0 Å². The molecule has 0 amide bonds. The van der Waals surface area contributed by atoms with Gasteiger partial charge in [-0.1, -0.05) is 12.8 Å². The van der Waals surface area contributed by atoms with Crippen LogP contribution in [0.1, 0.15) is 25.7 Å². The fourth-order valence-electron chi connectivity index (χ4n) is 2.56. The number of rotatable bonds is 1. The minimum Gasteiger partial charge on any atom is -0.396 e. The molecule has 1 nitrogen and oxygen atoms in total. The zero-order valence-corrected chi connectivity index (χ0v) is 5.71. The van der Waals surface area contributed by atoms with E-state index in [0.717, 1.165) is 11.8 Å². The lowest BCUT2D eigenvalue weighted by Crippen LogP contribution is -2.34. The summed E-state index contributed by atoms with van der Waals surface area (Å²) in [6.45, 7) is 0.446. The molecule has 2 fully saturated rings. The third-order valence-corrected chi connectivity index (χ3v) is 3.16. The molecule has 52 valence electrons. The third kappa shape index (κ3) is 0.710. The van der Waals surface area contributed by atoms with Crippen molar-refractivity contribution in [2.45, 2.75) is 25.7 Å². The Labute approximate surface area is 56.1 Å². The third-order valence-electron chi connectivity index (χ3n) is 3.16. The van der Waals surface area contributed by atoms with Gasteiger partial charge in [-0.3, -0.25) is 0 Å². The van der Waals surface area contributed by atoms with Gasteiger partial charge in [0.2, 0.25) is 0 Å². The number of aliphatic hydroxyl groups excluding tert-OH is 1. The minimum atomic E-state index is 0.446. The average Bonchev–Trinajstić information content (AvgIpc) is 2.14. The molecule has 3 atom stereocenters. The molecule has 2 saturated carbocycles. The quantitative estimate of drug-likeness (QED) is 0.563. The van der Waals surface area contributed by atoms with E-state index >= 15 is 0 Å². The molecule has 0 aliphatic heterocycles. The summed E-state index contributed by atoms with van der Waals surface area (Å²) in [4.78, 5) is 0. The van der Waals surface area contributed by atoms with E-state index in [2.05, 4.69) is 0 Å². The fourth-order valence-corrected chi connectivity index (χ4v) is 2.56. The fraction of sp³-hybridized carbons (Fsp3) is 1.00. The van der Waals surface area contributed by atoms with Gasteiger partial charge in [0.15, 0.2) is 0 Å². The summed E-state index contributed by atoms with van der Waals surface area (Å²) >= 11 is 0. The predicted molar refractivity (Wildman–Crippen MR) is 36.0 cm³/mol. The van der Waals surface area contributed by atoms with Gasteiger partial charge in [-0.25, -0.2) is 0 Å². The molecule has 2 aliphatic rings. The standard InChI is InChI=1S/C8H14O/c9-5-7-4-6-2-1-3-8(6)7/h6-9H,1-5H2. The van der Waals surface area contributed by atoms with Crippen LogP contribution in [0.15, 0.2) is 0 Å². The van der Waals surface area contributed by atoms with Gasteiger partial charge in [0.1, 0.15) is 0 Å². The summed E-state index contributed by atoms with van der Waals surface area (Å²) in [5.41, 5.74) is 0. The molecule has 9 heavy (non-hydrogen) atoms. The Bertz CT molecular complexity index is 111. The molecule has 0 radical (unpaired) electrons. The predicted octanol–water partition coefficient (Wildman–Crippen LogP) is 1.41. The largest absolute Gasteiger partial charge is 0.396 e. The van der Waals surface area contributed by atoms with Crippen LogP contribution in [0.4, 0.5) is 0 Å². The van der Waals surface area contributed by atoms with E-state index < -0.39 is 0 Å². The zero-order valence-electron chi connectivity index (χ0n) is 5.71. The summed E-state index contributed by atoms with van der Waals surface area (Å²) < 4.78 is 0. The van der Waals surface area contributed by atoms with Crippen molar-refractivity contribution in [3.05, 3.63) is 0 Å². The first-order chi connectivity index (χ1) is 4.42. The summed E-state index contributed by atoms with van der Waals surface area (Å²) in [5, 5.41) is 8.83. The lowest BCUT2D eigenvalue weighted by atomic mass is 9.67. The van der Waals surface area contributed by atoms with Crippen molar-refractivity contribution in [2.75, 3.05) is 6.61 Å². The SMILES string of the molecule is OCC1CC2CCCC12. The van der Waals surface area contributed by atoms with E-state index in [1.807, 2.05) is 0 Å². The number of hydrogen-bond donors (Lipinski definition) is 1. The minimum absolute atomic E-state index is 0.446. The Morgan fingerprint density at radius 3 is 2.89 bits per heavy atom. The summed E-state index contributed by atoms with van der Waals surface area (Å²) in [6.07, 6.45) is 5.59. The molecule has 0 aromatic heterocycles. The maximum Gasteiger partial charge on any atom is 0.0462 e. The van der Waals surface area contributed by atoms with Crippen molar-refractivity contribution >= 4 is 0 Å². The van der Waals surface area contributed by atoms with E-state index in [1.54, 1.807) is 0 Å². The van der Waals surface area contributed by atoms with Crippen molar-refractivity contribution in [2.24, 2.45) is 17.8 Å². The van der Waals surface area contributed by atoms with E-state index in [9.17, 15) is 0 Å². The maximum absolute atomic E-state index is 8.83. The molecular weight excluding hydrogens is 112 g/mol. The highest BCUT2D eigenvalue weighted by atomic mass is 16.3. The Morgan fingerprint density at radius 1 is 1.33 bits per heavy atom. The van der Waals surface area contributed by atoms with E-state index in [-0.39, 0.29) is 0 Å². The highest BCUT2D eigenvalue weighted by Gasteiger charge is 2.42. The number of aliphatic hydroxyl groups is 1. The Morgan fingerprint density at radius 2 is 2.22 bits per heavy atom. The molecule has 0 aromatic carbocycles. The molecule has 0 spiro atoms. The molecule has 2 aliphatic carbocycles. The van der Waals surface area contributed by atoms with Gasteiger partial charge < -0.3 is 5.11 Å². The van der Waals surface area contributed by atoms with Crippen molar-refractivity contribution < 1.29 is 5.11 Å². The highest BCUT2D eigenvalue weighted by molar-refractivity contribution is 4.92. The average molecular weight is 126 g/mol. The lowest BCUT2D eigenvalue weighted by molar-refractivity contribution is 0.0454. The van der Waals surface area contributed by atoms with Gasteiger partial charge in [-0.05, 0) is 30.6 Å². The Hall–Kier alpha value is -0.0400. The van der Waals surface area contributed by atoms with Gasteiger partial charge in [-0.2, -0.15) is 0 Å². The zero-order chi connectivity index (χ0) is 6.27. The second-order valence-corrected chi connectivity index (χ2v) is 3.53. The van der Waals surface area contributed by atoms with Crippen LogP contribution in [-0.2, 0) is 0 Å². The number of hydrogen-bond acceptors (Lipinski definition) is 1. The monoisotopic (exact) mass is 126 g/mol. The maximum atomic E-state index is 8.83. The van der Waals surface area contributed by atoms with Crippen LogP contribution in [0.25, 0.3) is 0 Å². The van der Waals surface area contributed by atoms with Crippen LogP contribution in [0.2, 0.25) is 0 Å². The molecule has 0 bridgehead atoms. The Kier molecular flexibility index (Phi) is 1.26. The normalized spacial score (nSPS) is 48.3. The van der Waals surface area contributed by atoms with Crippen molar-refractivity contribution in [3.8, 4) is 0 Å². The second-order valence-electron chi connectivity index (χ2n) is 3.53. The van der Waals surface area contributed by atoms with Crippen LogP contribution in [0.3, 0.4) is 0 Å². The molecule has 2 rings (SSSR count). The Balaban J connectivity index is 1.93. The molecule has 1 heteroatoms. The summed E-state index contributed by atoms with van der Waals surface area (Å²) in [6, 6.07) is 0. The molecule has 3 unspecified atom stereocenters. The number of fused-ring (bicyclic) bond motifs is 1. The van der Waals surface area contributed by atoms with Gasteiger partial charge in [-0.15, -0.1) is 0 Å². The van der Waals surface area contributed by atoms with E-state index in [4.69, 9.17) is 5.11 Å². The summed E-state index contributed by atoms with van der Waals surface area (Å²) in [7, 11) is 0.